The largest absolute Gasteiger partial charge is 0.497 e. The van der Waals surface area contributed by atoms with Crippen molar-refractivity contribution in [2.45, 2.75) is 50.2 Å². The van der Waals surface area contributed by atoms with E-state index in [1.807, 2.05) is 51.1 Å². The molecule has 0 aliphatic rings. The van der Waals surface area contributed by atoms with E-state index < -0.39 is 45.8 Å². The average molecular weight is 722 g/mol. The van der Waals surface area contributed by atoms with Crippen molar-refractivity contribution in [2.75, 3.05) is 39.3 Å². The summed E-state index contributed by atoms with van der Waals surface area (Å²) in [4.78, 5) is 30.0. The highest BCUT2D eigenvalue weighted by Gasteiger charge is 2.37. The van der Waals surface area contributed by atoms with Crippen molar-refractivity contribution in [1.82, 2.24) is 10.2 Å². The Morgan fingerprint density at radius 3 is 1.98 bits per heavy atom. The molecule has 0 saturated heterocycles. The van der Waals surface area contributed by atoms with Gasteiger partial charge in [-0.25, -0.2) is 12.8 Å². The molecule has 0 aliphatic carbocycles. The van der Waals surface area contributed by atoms with Gasteiger partial charge < -0.3 is 29.2 Å². The highest BCUT2D eigenvalue weighted by atomic mass is 32.2. The lowest BCUT2D eigenvalue weighted by atomic mass is 10.0. The number of rotatable bonds is 15. The summed E-state index contributed by atoms with van der Waals surface area (Å²) in [7, 11) is 1.06. The molecule has 0 radical (unpaired) electrons. The minimum atomic E-state index is -4.55. The Kier molecular flexibility index (Phi) is 12.5. The van der Waals surface area contributed by atoms with E-state index in [4.69, 9.17) is 18.9 Å². The van der Waals surface area contributed by atoms with Crippen molar-refractivity contribution >= 4 is 27.5 Å². The van der Waals surface area contributed by atoms with Gasteiger partial charge in [-0.1, -0.05) is 42.5 Å². The number of anilines is 1. The molecular weight excluding hydrogens is 677 g/mol. The molecule has 272 valence electrons. The molecule has 0 aliphatic heterocycles. The predicted octanol–water partition coefficient (Wildman–Crippen LogP) is 5.61. The Morgan fingerprint density at radius 2 is 1.39 bits per heavy atom. The van der Waals surface area contributed by atoms with Crippen molar-refractivity contribution in [1.29, 1.82) is 0 Å². The van der Waals surface area contributed by atoms with Gasteiger partial charge in [0, 0.05) is 30.6 Å². The lowest BCUT2D eigenvalue weighted by Gasteiger charge is -2.35. The van der Waals surface area contributed by atoms with Crippen molar-refractivity contribution < 1.29 is 41.3 Å². The molecule has 51 heavy (non-hydrogen) atoms. The molecule has 2 amide bonds. The normalized spacial score (nSPS) is 12.0. The lowest BCUT2D eigenvalue weighted by molar-refractivity contribution is -0.140. The number of hydrogen-bond acceptors (Lipinski definition) is 8. The predicted molar refractivity (Wildman–Crippen MR) is 192 cm³/mol. The Hall–Kier alpha value is -5.30. The summed E-state index contributed by atoms with van der Waals surface area (Å²) < 4.78 is 65.9. The molecule has 4 aromatic carbocycles. The van der Waals surface area contributed by atoms with Gasteiger partial charge >= 0.3 is 0 Å². The molecule has 0 saturated carbocycles. The van der Waals surface area contributed by atoms with E-state index in [-0.39, 0.29) is 35.0 Å². The maximum absolute atomic E-state index is 14.8. The Morgan fingerprint density at radius 1 is 0.765 bits per heavy atom. The Balaban J connectivity index is 1.91. The fourth-order valence-electron chi connectivity index (χ4n) is 5.40. The molecule has 0 bridgehead atoms. The van der Waals surface area contributed by atoms with Gasteiger partial charge in [-0.2, -0.15) is 0 Å². The summed E-state index contributed by atoms with van der Waals surface area (Å²) in [6, 6.07) is 22.3. The second kappa shape index (κ2) is 16.6. The molecule has 4 aromatic rings. The number of halogens is 1. The minimum Gasteiger partial charge on any atom is -0.497 e. The first-order valence-corrected chi connectivity index (χ1v) is 17.5. The molecule has 11 nitrogen and oxygen atoms in total. The second-order valence-electron chi connectivity index (χ2n) is 12.7. The number of nitrogens with one attached hydrogen (secondary N) is 1. The smallest absolute Gasteiger partial charge is 0.265 e. The van der Waals surface area contributed by atoms with Crippen LogP contribution in [0.15, 0.2) is 95.9 Å². The van der Waals surface area contributed by atoms with Crippen LogP contribution in [0.1, 0.15) is 31.9 Å². The standard InChI is InChI=1S/C38H44FN3O8S/c1-38(2,3)40-37(44)32(21-26-11-9-8-10-12-26)41(24-27-13-15-28(39)16-14-27)36(43)25-42(31-22-29(47-4)17-19-33(31)48-5)51(45,46)30-18-20-34(49-6)35(23-30)50-7/h8-20,22-23,32H,21,24-25H2,1-7H3,(H,40,44). The molecule has 0 spiro atoms. The molecule has 1 atom stereocenters. The first-order chi connectivity index (χ1) is 24.2. The van der Waals surface area contributed by atoms with E-state index in [1.54, 1.807) is 6.07 Å². The van der Waals surface area contributed by atoms with Crippen molar-refractivity contribution in [2.24, 2.45) is 0 Å². The zero-order valence-corrected chi connectivity index (χ0v) is 30.6. The van der Waals surface area contributed by atoms with Gasteiger partial charge in [0.15, 0.2) is 11.5 Å². The third kappa shape index (κ3) is 9.69. The third-order valence-electron chi connectivity index (χ3n) is 7.91. The summed E-state index contributed by atoms with van der Waals surface area (Å²) in [5.41, 5.74) is 0.653. The van der Waals surface area contributed by atoms with Crippen LogP contribution in [-0.2, 0) is 32.6 Å². The topological polar surface area (TPSA) is 124 Å². The molecular formula is C38H44FN3O8S. The summed E-state index contributed by atoms with van der Waals surface area (Å²) >= 11 is 0. The van der Waals surface area contributed by atoms with Crippen LogP contribution in [0, 0.1) is 5.82 Å². The van der Waals surface area contributed by atoms with Gasteiger partial charge in [0.25, 0.3) is 10.0 Å². The van der Waals surface area contributed by atoms with Crippen LogP contribution in [-0.4, -0.2) is 71.7 Å². The van der Waals surface area contributed by atoms with E-state index in [2.05, 4.69) is 5.32 Å². The van der Waals surface area contributed by atoms with Crippen LogP contribution < -0.4 is 28.6 Å². The van der Waals surface area contributed by atoms with Crippen molar-refractivity contribution in [3.63, 3.8) is 0 Å². The maximum atomic E-state index is 14.8. The molecule has 0 fully saturated rings. The summed E-state index contributed by atoms with van der Waals surface area (Å²) in [5.74, 6) is -0.725. The number of hydrogen-bond donors (Lipinski definition) is 1. The molecule has 1 N–H and O–H groups in total. The van der Waals surface area contributed by atoms with Crippen LogP contribution in [0.3, 0.4) is 0 Å². The van der Waals surface area contributed by atoms with Crippen LogP contribution in [0.4, 0.5) is 10.1 Å². The van der Waals surface area contributed by atoms with E-state index >= 15 is 0 Å². The number of sulfonamides is 1. The van der Waals surface area contributed by atoms with Crippen LogP contribution >= 0.6 is 0 Å². The number of carbonyl (C=O) groups is 2. The van der Waals surface area contributed by atoms with E-state index in [0.717, 1.165) is 9.87 Å². The zero-order valence-electron chi connectivity index (χ0n) is 29.8. The zero-order chi connectivity index (χ0) is 37.3. The molecule has 0 heterocycles. The summed E-state index contributed by atoms with van der Waals surface area (Å²) in [6.45, 7) is 4.58. The van der Waals surface area contributed by atoms with Crippen LogP contribution in [0.5, 0.6) is 23.0 Å². The average Bonchev–Trinajstić information content (AvgIpc) is 3.11. The van der Waals surface area contributed by atoms with E-state index in [0.29, 0.717) is 17.1 Å². The quantitative estimate of drug-likeness (QED) is 0.168. The minimum absolute atomic E-state index is 0.0143. The first-order valence-electron chi connectivity index (χ1n) is 16.1. The molecule has 13 heteroatoms. The van der Waals surface area contributed by atoms with Crippen LogP contribution in [0.2, 0.25) is 0 Å². The van der Waals surface area contributed by atoms with Gasteiger partial charge in [0.1, 0.15) is 29.9 Å². The Labute approximate surface area is 298 Å². The highest BCUT2D eigenvalue weighted by Crippen LogP contribution is 2.38. The number of benzene rings is 4. The SMILES string of the molecule is COc1ccc(OC)c(N(CC(=O)N(Cc2ccc(F)cc2)C(Cc2ccccc2)C(=O)NC(C)(C)C)S(=O)(=O)c2ccc(OC)c(OC)c2)c1. The fourth-order valence-corrected chi connectivity index (χ4v) is 6.84. The number of nitrogens with zero attached hydrogens (tertiary/aromatic N) is 2. The van der Waals surface area contributed by atoms with E-state index in [9.17, 15) is 22.4 Å². The molecule has 0 aromatic heterocycles. The van der Waals surface area contributed by atoms with Crippen molar-refractivity contribution in [3.05, 3.63) is 108 Å². The molecule has 1 unspecified atom stereocenters. The van der Waals surface area contributed by atoms with Gasteiger partial charge in [-0.15, -0.1) is 0 Å². The van der Waals surface area contributed by atoms with Crippen LogP contribution in [0.25, 0.3) is 0 Å². The summed E-state index contributed by atoms with van der Waals surface area (Å²) in [5, 5.41) is 2.98. The monoisotopic (exact) mass is 721 g/mol. The van der Waals surface area contributed by atoms with Gasteiger partial charge in [-0.05, 0) is 68.3 Å². The van der Waals surface area contributed by atoms with E-state index in [1.165, 1.54) is 87.9 Å². The number of amides is 2. The van der Waals surface area contributed by atoms with Gasteiger partial charge in [-0.3, -0.25) is 13.9 Å². The molecule has 4 rings (SSSR count). The van der Waals surface area contributed by atoms with Crippen molar-refractivity contribution in [3.8, 4) is 23.0 Å². The highest BCUT2D eigenvalue weighted by molar-refractivity contribution is 7.92. The second-order valence-corrected chi connectivity index (χ2v) is 14.5. The van der Waals surface area contributed by atoms with Gasteiger partial charge in [0.05, 0.1) is 39.0 Å². The number of carbonyl (C=O) groups excluding carboxylic acids is 2. The summed E-state index contributed by atoms with van der Waals surface area (Å²) in [6.07, 6.45) is 0.112. The fraction of sp³-hybridized carbons (Fsp3) is 0.316. The third-order valence-corrected chi connectivity index (χ3v) is 9.67. The number of ether oxygens (including phenoxy) is 4. The lowest BCUT2D eigenvalue weighted by Crippen LogP contribution is -2.56. The van der Waals surface area contributed by atoms with Gasteiger partial charge in [0.2, 0.25) is 11.8 Å². The first kappa shape index (κ1) is 38.5. The number of methoxy groups -OCH3 is 4. The maximum Gasteiger partial charge on any atom is 0.265 e. The Bertz CT molecular complexity index is 1920.